The maximum absolute atomic E-state index is 12.6. The first-order valence-electron chi connectivity index (χ1n) is 9.99. The van der Waals surface area contributed by atoms with Gasteiger partial charge in [-0.1, -0.05) is 0 Å². The van der Waals surface area contributed by atoms with Crippen LogP contribution < -0.4 is 10.2 Å². The maximum atomic E-state index is 12.6. The third-order valence-corrected chi connectivity index (χ3v) is 6.95. The molecule has 1 aliphatic heterocycles. The van der Waals surface area contributed by atoms with Crippen LogP contribution in [0.2, 0.25) is 0 Å². The van der Waals surface area contributed by atoms with E-state index >= 15 is 0 Å². The zero-order chi connectivity index (χ0) is 21.7. The number of likely N-dealkylation sites (tertiary alicyclic amines) is 1. The normalized spacial score (nSPS) is 19.5. The number of piperidine rings is 1. The van der Waals surface area contributed by atoms with Crippen molar-refractivity contribution in [3.63, 3.8) is 0 Å². The summed E-state index contributed by atoms with van der Waals surface area (Å²) in [6.07, 6.45) is 3.22. The van der Waals surface area contributed by atoms with E-state index in [2.05, 4.69) is 40.3 Å². The lowest BCUT2D eigenvalue weighted by atomic mass is 9.97. The summed E-state index contributed by atoms with van der Waals surface area (Å²) >= 11 is 4.96. The molecule has 3 rings (SSSR count). The Morgan fingerprint density at radius 3 is 2.43 bits per heavy atom. The lowest BCUT2D eigenvalue weighted by molar-refractivity contribution is -0.139. The quantitative estimate of drug-likeness (QED) is 0.464. The maximum Gasteiger partial charge on any atom is 0.271 e. The van der Waals surface area contributed by atoms with E-state index < -0.39 is 0 Å². The number of thiophene rings is 1. The van der Waals surface area contributed by atoms with Crippen molar-refractivity contribution in [3.05, 3.63) is 50.6 Å². The number of ether oxygens (including phenoxy) is 1. The van der Waals surface area contributed by atoms with Crippen molar-refractivity contribution >= 4 is 44.8 Å². The van der Waals surface area contributed by atoms with Crippen LogP contribution in [-0.2, 0) is 4.79 Å². The van der Waals surface area contributed by atoms with Gasteiger partial charge in [0.05, 0.1) is 14.4 Å². The first-order valence-corrected chi connectivity index (χ1v) is 11.6. The molecular formula is C22H26BrN3O3S. The first-order chi connectivity index (χ1) is 14.3. The Bertz CT molecular complexity index is 916. The molecule has 8 heteroatoms. The van der Waals surface area contributed by atoms with Crippen molar-refractivity contribution in [2.75, 3.05) is 6.61 Å². The van der Waals surface area contributed by atoms with Crippen molar-refractivity contribution in [2.24, 2.45) is 5.10 Å². The molecule has 0 aliphatic carbocycles. The van der Waals surface area contributed by atoms with Crippen LogP contribution in [0.4, 0.5) is 0 Å². The average molecular weight is 492 g/mol. The summed E-state index contributed by atoms with van der Waals surface area (Å²) in [7, 11) is 0. The summed E-state index contributed by atoms with van der Waals surface area (Å²) in [5, 5.41) is 4.16. The van der Waals surface area contributed by atoms with Gasteiger partial charge in [0.15, 0.2) is 6.61 Å². The summed E-state index contributed by atoms with van der Waals surface area (Å²) in [5.74, 6) is 0.255. The largest absolute Gasteiger partial charge is 0.484 e. The van der Waals surface area contributed by atoms with E-state index in [0.29, 0.717) is 11.3 Å². The lowest BCUT2D eigenvalue weighted by Gasteiger charge is -2.38. The Morgan fingerprint density at radius 2 is 1.83 bits per heavy atom. The molecule has 0 radical (unpaired) electrons. The molecule has 1 aromatic heterocycles. The number of benzene rings is 1. The number of hydrazone groups is 1. The number of carbonyl (C=O) groups is 2. The van der Waals surface area contributed by atoms with Crippen LogP contribution in [0.15, 0.2) is 45.3 Å². The number of carbonyl (C=O) groups excluding carboxylic acids is 2. The second kappa shape index (κ2) is 10.2. The number of rotatable bonds is 6. The van der Waals surface area contributed by atoms with E-state index in [0.717, 1.165) is 33.6 Å². The van der Waals surface area contributed by atoms with E-state index in [1.54, 1.807) is 35.6 Å². The highest BCUT2D eigenvalue weighted by atomic mass is 79.9. The number of nitrogens with one attached hydrogen (secondary N) is 1. The molecule has 2 atom stereocenters. The first kappa shape index (κ1) is 22.5. The van der Waals surface area contributed by atoms with Gasteiger partial charge in [0, 0.05) is 17.6 Å². The van der Waals surface area contributed by atoms with E-state index in [-0.39, 0.29) is 30.5 Å². The van der Waals surface area contributed by atoms with Crippen molar-refractivity contribution in [1.29, 1.82) is 0 Å². The second-order valence-corrected chi connectivity index (χ2v) is 9.95. The Kier molecular flexibility index (Phi) is 7.66. The molecule has 30 heavy (non-hydrogen) atoms. The van der Waals surface area contributed by atoms with Gasteiger partial charge in [-0.2, -0.15) is 5.10 Å². The SMILES string of the molecule is CC(=NNC(=O)c1ccc(OCC(=O)N2C(C)CCCC2C)cc1)c1ccc(Br)s1. The van der Waals surface area contributed by atoms with Gasteiger partial charge in [-0.3, -0.25) is 9.59 Å². The van der Waals surface area contributed by atoms with E-state index in [9.17, 15) is 9.59 Å². The molecule has 1 N–H and O–H groups in total. The minimum absolute atomic E-state index is 0.0000838. The number of nitrogens with zero attached hydrogens (tertiary/aromatic N) is 2. The van der Waals surface area contributed by atoms with Gasteiger partial charge in [-0.05, 0) is 92.4 Å². The van der Waals surface area contributed by atoms with Crippen molar-refractivity contribution in [1.82, 2.24) is 10.3 Å². The van der Waals surface area contributed by atoms with Crippen LogP contribution in [0, 0.1) is 0 Å². The third kappa shape index (κ3) is 5.70. The van der Waals surface area contributed by atoms with Crippen LogP contribution in [-0.4, -0.2) is 41.1 Å². The summed E-state index contributed by atoms with van der Waals surface area (Å²) in [6, 6.07) is 11.1. The molecule has 2 aromatic rings. The zero-order valence-electron chi connectivity index (χ0n) is 17.4. The minimum Gasteiger partial charge on any atom is -0.484 e. The summed E-state index contributed by atoms with van der Waals surface area (Å²) in [6.45, 7) is 6.02. The minimum atomic E-state index is -0.302. The summed E-state index contributed by atoms with van der Waals surface area (Å²) < 4.78 is 6.67. The lowest BCUT2D eigenvalue weighted by Crippen LogP contribution is -2.49. The molecule has 160 valence electrons. The van der Waals surface area contributed by atoms with Gasteiger partial charge in [0.2, 0.25) is 0 Å². The molecule has 1 aromatic carbocycles. The van der Waals surface area contributed by atoms with Crippen molar-refractivity contribution in [2.45, 2.75) is 52.1 Å². The predicted octanol–water partition coefficient (Wildman–Crippen LogP) is 4.83. The molecule has 1 fully saturated rings. The molecule has 6 nitrogen and oxygen atoms in total. The fourth-order valence-corrected chi connectivity index (χ4v) is 4.93. The molecule has 0 bridgehead atoms. The zero-order valence-corrected chi connectivity index (χ0v) is 19.8. The summed E-state index contributed by atoms with van der Waals surface area (Å²) in [5.41, 5.74) is 3.77. The van der Waals surface area contributed by atoms with E-state index in [4.69, 9.17) is 4.74 Å². The number of hydrogen-bond donors (Lipinski definition) is 1. The van der Waals surface area contributed by atoms with Gasteiger partial charge >= 0.3 is 0 Å². The Morgan fingerprint density at radius 1 is 1.17 bits per heavy atom. The van der Waals surface area contributed by atoms with Gasteiger partial charge < -0.3 is 9.64 Å². The van der Waals surface area contributed by atoms with Gasteiger partial charge in [0.1, 0.15) is 5.75 Å². The van der Waals surface area contributed by atoms with Crippen LogP contribution in [0.25, 0.3) is 0 Å². The smallest absolute Gasteiger partial charge is 0.271 e. The van der Waals surface area contributed by atoms with Crippen molar-refractivity contribution < 1.29 is 14.3 Å². The molecule has 1 saturated heterocycles. The second-order valence-electron chi connectivity index (χ2n) is 7.48. The Labute approximate surface area is 189 Å². The Balaban J connectivity index is 1.53. The monoisotopic (exact) mass is 491 g/mol. The van der Waals surface area contributed by atoms with Crippen LogP contribution in [0.5, 0.6) is 5.75 Å². The van der Waals surface area contributed by atoms with Gasteiger partial charge in [-0.25, -0.2) is 5.43 Å². The standard InChI is InChI=1S/C22H26BrN3O3S/c1-14-5-4-6-15(2)26(14)21(27)13-29-18-9-7-17(8-10-18)22(28)25-24-16(3)19-11-12-20(23)30-19/h7-12,14-15H,4-6,13H2,1-3H3,(H,25,28). The van der Waals surface area contributed by atoms with Crippen LogP contribution >= 0.6 is 27.3 Å². The number of hydrogen-bond acceptors (Lipinski definition) is 5. The van der Waals surface area contributed by atoms with Crippen molar-refractivity contribution in [3.8, 4) is 5.75 Å². The Hall–Kier alpha value is -2.19. The van der Waals surface area contributed by atoms with Crippen LogP contribution in [0.3, 0.4) is 0 Å². The van der Waals surface area contributed by atoms with Gasteiger partial charge in [-0.15, -0.1) is 11.3 Å². The van der Waals surface area contributed by atoms with E-state index in [1.165, 1.54) is 0 Å². The molecule has 0 saturated carbocycles. The molecule has 2 heterocycles. The highest BCUT2D eigenvalue weighted by Crippen LogP contribution is 2.23. The van der Waals surface area contributed by atoms with Crippen LogP contribution in [0.1, 0.15) is 55.3 Å². The molecule has 2 amide bonds. The fraction of sp³-hybridized carbons (Fsp3) is 0.409. The summed E-state index contributed by atoms with van der Waals surface area (Å²) in [4.78, 5) is 27.8. The number of amides is 2. The molecule has 1 aliphatic rings. The predicted molar refractivity (Wildman–Crippen MR) is 123 cm³/mol. The van der Waals surface area contributed by atoms with Gasteiger partial charge in [0.25, 0.3) is 11.8 Å². The fourth-order valence-electron chi connectivity index (χ4n) is 3.60. The topological polar surface area (TPSA) is 71.0 Å². The van der Waals surface area contributed by atoms with E-state index in [1.807, 2.05) is 24.0 Å². The highest BCUT2D eigenvalue weighted by molar-refractivity contribution is 9.11. The molecule has 0 spiro atoms. The molecular weight excluding hydrogens is 466 g/mol. The molecule has 2 unspecified atom stereocenters. The highest BCUT2D eigenvalue weighted by Gasteiger charge is 2.28. The average Bonchev–Trinajstić information content (AvgIpc) is 3.17. The number of halogens is 1. The third-order valence-electron chi connectivity index (χ3n) is 5.22.